The maximum Gasteiger partial charge on any atom is 0.256 e. The first-order chi connectivity index (χ1) is 10.6. The summed E-state index contributed by atoms with van der Waals surface area (Å²) in [6, 6.07) is 14.1. The number of allylic oxidation sites excluding steroid dienone is 1. The zero-order chi connectivity index (χ0) is 15.2. The summed E-state index contributed by atoms with van der Waals surface area (Å²) in [6.45, 7) is 0.336. The second kappa shape index (κ2) is 4.78. The molecule has 0 aromatic heterocycles. The summed E-state index contributed by atoms with van der Waals surface area (Å²) in [7, 11) is -3.40. The van der Waals surface area contributed by atoms with Gasteiger partial charge in [0.15, 0.2) is 5.84 Å². The van der Waals surface area contributed by atoms with Crippen LogP contribution in [-0.4, -0.2) is 37.8 Å². The second-order valence-corrected chi connectivity index (χ2v) is 6.99. The number of fused-ring (bicyclic) bond motifs is 2. The Morgan fingerprint density at radius 1 is 1.05 bits per heavy atom. The maximum atomic E-state index is 11.8. The zero-order valence-electron chi connectivity index (χ0n) is 11.7. The SMILES string of the molecule is O=S1(=O)CCN2N=CC=C(c3ccc4ccccc4c3)C2=N1. The lowest BCUT2D eigenvalue weighted by Crippen LogP contribution is -2.38. The van der Waals surface area contributed by atoms with Crippen molar-refractivity contribution in [3.63, 3.8) is 0 Å². The fourth-order valence-electron chi connectivity index (χ4n) is 2.68. The summed E-state index contributed by atoms with van der Waals surface area (Å²) in [6.07, 6.45) is 3.49. The fraction of sp³-hybridized carbons (Fsp3) is 0.125. The molecular weight excluding hydrogens is 298 g/mol. The van der Waals surface area contributed by atoms with Crippen molar-refractivity contribution in [3.8, 4) is 0 Å². The summed E-state index contributed by atoms with van der Waals surface area (Å²) in [5, 5.41) is 8.09. The summed E-state index contributed by atoms with van der Waals surface area (Å²) in [5.74, 6) is 0.405. The first-order valence-electron chi connectivity index (χ1n) is 6.96. The third kappa shape index (κ3) is 2.21. The fourth-order valence-corrected chi connectivity index (χ4v) is 3.63. The summed E-state index contributed by atoms with van der Waals surface area (Å²) >= 11 is 0. The largest absolute Gasteiger partial charge is 0.256 e. The molecule has 2 heterocycles. The molecule has 2 aromatic carbocycles. The molecule has 6 heteroatoms. The highest BCUT2D eigenvalue weighted by molar-refractivity contribution is 7.90. The number of hydrogen-bond acceptors (Lipinski definition) is 4. The Morgan fingerprint density at radius 3 is 2.73 bits per heavy atom. The van der Waals surface area contributed by atoms with Gasteiger partial charge in [0.2, 0.25) is 0 Å². The first-order valence-corrected chi connectivity index (χ1v) is 8.57. The molecule has 0 N–H and O–H groups in total. The topological polar surface area (TPSA) is 62.1 Å². The minimum Gasteiger partial charge on any atom is -0.246 e. The van der Waals surface area contributed by atoms with Crippen LogP contribution in [0.3, 0.4) is 0 Å². The lowest BCUT2D eigenvalue weighted by molar-refractivity contribution is 0.464. The molecule has 0 bridgehead atoms. The molecule has 2 aliphatic rings. The van der Waals surface area contributed by atoms with Crippen LogP contribution in [0.15, 0.2) is 58.0 Å². The van der Waals surface area contributed by atoms with Gasteiger partial charge in [-0.1, -0.05) is 36.4 Å². The monoisotopic (exact) mass is 311 g/mol. The average Bonchev–Trinajstić information content (AvgIpc) is 2.53. The number of hydrazone groups is 1. The predicted molar refractivity (Wildman–Crippen MR) is 88.3 cm³/mol. The lowest BCUT2D eigenvalue weighted by atomic mass is 9.99. The molecule has 2 aromatic rings. The van der Waals surface area contributed by atoms with Gasteiger partial charge < -0.3 is 0 Å². The van der Waals surface area contributed by atoms with E-state index in [2.05, 4.69) is 9.50 Å². The van der Waals surface area contributed by atoms with E-state index >= 15 is 0 Å². The van der Waals surface area contributed by atoms with Crippen molar-refractivity contribution in [2.24, 2.45) is 9.50 Å². The van der Waals surface area contributed by atoms with E-state index in [1.165, 1.54) is 0 Å². The van der Waals surface area contributed by atoms with Crippen molar-refractivity contribution in [1.29, 1.82) is 0 Å². The van der Waals surface area contributed by atoms with E-state index in [-0.39, 0.29) is 5.75 Å². The highest BCUT2D eigenvalue weighted by Crippen LogP contribution is 2.27. The molecule has 0 saturated heterocycles. The van der Waals surface area contributed by atoms with Crippen LogP contribution >= 0.6 is 0 Å². The molecule has 110 valence electrons. The van der Waals surface area contributed by atoms with Gasteiger partial charge in [-0.15, -0.1) is 4.40 Å². The molecule has 0 fully saturated rings. The van der Waals surface area contributed by atoms with Crippen molar-refractivity contribution in [2.75, 3.05) is 12.3 Å². The van der Waals surface area contributed by atoms with Crippen molar-refractivity contribution >= 4 is 38.4 Å². The van der Waals surface area contributed by atoms with Gasteiger partial charge in [0.25, 0.3) is 10.0 Å². The van der Waals surface area contributed by atoms with Gasteiger partial charge in [-0.25, -0.2) is 13.4 Å². The van der Waals surface area contributed by atoms with Gasteiger partial charge in [0, 0.05) is 11.8 Å². The molecule has 2 aliphatic heterocycles. The molecule has 0 aliphatic carbocycles. The van der Waals surface area contributed by atoms with Crippen molar-refractivity contribution in [3.05, 3.63) is 54.1 Å². The standard InChI is InChI=1S/C16H13N3O2S/c20-22(21)10-9-19-16(18-22)15(7-8-17-19)14-6-5-12-3-1-2-4-13(12)11-14/h1-8,11H,9-10H2. The Kier molecular flexibility index (Phi) is 2.87. The average molecular weight is 311 g/mol. The van der Waals surface area contributed by atoms with E-state index in [0.29, 0.717) is 12.4 Å². The highest BCUT2D eigenvalue weighted by Gasteiger charge is 2.28. The van der Waals surface area contributed by atoms with E-state index in [1.807, 2.05) is 42.5 Å². The number of nitrogens with zero attached hydrogens (tertiary/aromatic N) is 3. The van der Waals surface area contributed by atoms with E-state index in [1.54, 1.807) is 17.3 Å². The third-order valence-corrected chi connectivity index (χ3v) is 4.93. The predicted octanol–water partition coefficient (Wildman–Crippen LogP) is 2.27. The third-order valence-electron chi connectivity index (χ3n) is 3.78. The van der Waals surface area contributed by atoms with Gasteiger partial charge in [0.1, 0.15) is 0 Å². The van der Waals surface area contributed by atoms with Crippen LogP contribution in [0.1, 0.15) is 5.56 Å². The molecule has 4 rings (SSSR count). The van der Waals surface area contributed by atoms with Gasteiger partial charge in [-0.3, -0.25) is 0 Å². The van der Waals surface area contributed by atoms with Crippen LogP contribution in [-0.2, 0) is 10.0 Å². The Bertz CT molecular complexity index is 958. The zero-order valence-corrected chi connectivity index (χ0v) is 12.5. The van der Waals surface area contributed by atoms with Crippen LogP contribution < -0.4 is 0 Å². The number of amidine groups is 1. The second-order valence-electron chi connectivity index (χ2n) is 5.23. The Hall–Kier alpha value is -2.47. The van der Waals surface area contributed by atoms with Crippen molar-refractivity contribution < 1.29 is 8.42 Å². The number of rotatable bonds is 1. The van der Waals surface area contributed by atoms with E-state index in [4.69, 9.17) is 0 Å². The number of hydrogen-bond donors (Lipinski definition) is 0. The van der Waals surface area contributed by atoms with Gasteiger partial charge in [-0.05, 0) is 28.5 Å². The van der Waals surface area contributed by atoms with Crippen molar-refractivity contribution in [2.45, 2.75) is 0 Å². The minimum absolute atomic E-state index is 0.00115. The molecule has 5 nitrogen and oxygen atoms in total. The maximum absolute atomic E-state index is 11.8. The van der Waals surface area contributed by atoms with Crippen LogP contribution in [0.4, 0.5) is 0 Å². The minimum atomic E-state index is -3.40. The van der Waals surface area contributed by atoms with E-state index in [0.717, 1.165) is 21.9 Å². The van der Waals surface area contributed by atoms with E-state index in [9.17, 15) is 8.42 Å². The molecule has 0 saturated carbocycles. The summed E-state index contributed by atoms with van der Waals surface area (Å²) in [5.41, 5.74) is 1.72. The van der Waals surface area contributed by atoms with Gasteiger partial charge in [0.05, 0.1) is 12.3 Å². The van der Waals surface area contributed by atoms with Gasteiger partial charge in [-0.2, -0.15) is 5.10 Å². The normalized spacial score (nSPS) is 19.5. The van der Waals surface area contributed by atoms with Crippen molar-refractivity contribution in [1.82, 2.24) is 5.01 Å². The Labute approximate surface area is 128 Å². The van der Waals surface area contributed by atoms with Crippen LogP contribution in [0.5, 0.6) is 0 Å². The molecule has 0 spiro atoms. The summed E-state index contributed by atoms with van der Waals surface area (Å²) in [4.78, 5) is 0. The first kappa shape index (κ1) is 13.2. The Morgan fingerprint density at radius 2 is 1.86 bits per heavy atom. The summed E-state index contributed by atoms with van der Waals surface area (Å²) < 4.78 is 27.5. The molecule has 0 radical (unpaired) electrons. The van der Waals surface area contributed by atoms with Crippen LogP contribution in [0, 0.1) is 0 Å². The smallest absolute Gasteiger partial charge is 0.246 e. The van der Waals surface area contributed by atoms with Gasteiger partial charge >= 0.3 is 0 Å². The molecule has 0 amide bonds. The number of benzene rings is 2. The Balaban J connectivity index is 1.87. The van der Waals surface area contributed by atoms with E-state index < -0.39 is 10.0 Å². The lowest BCUT2D eigenvalue weighted by Gasteiger charge is -2.27. The molecular formula is C16H13N3O2S. The quantitative estimate of drug-likeness (QED) is 0.811. The molecule has 22 heavy (non-hydrogen) atoms. The van der Waals surface area contributed by atoms with Crippen LogP contribution in [0.25, 0.3) is 16.3 Å². The highest BCUT2D eigenvalue weighted by atomic mass is 32.2. The number of sulfonamides is 1. The molecule has 0 atom stereocenters. The van der Waals surface area contributed by atoms with Crippen LogP contribution in [0.2, 0.25) is 0 Å². The molecule has 0 unspecified atom stereocenters.